The van der Waals surface area contributed by atoms with Gasteiger partial charge in [0.05, 0.1) is 6.10 Å². The molecule has 1 aromatic carbocycles. The molecule has 1 heterocycles. The molecule has 0 spiro atoms. The number of rotatable bonds is 1. The van der Waals surface area contributed by atoms with Crippen molar-refractivity contribution in [2.45, 2.75) is 18.1 Å². The highest BCUT2D eigenvalue weighted by Crippen LogP contribution is 2.30. The third-order valence-electron chi connectivity index (χ3n) is 2.85. The molecular formula is C11H15NO2. The number of hydrogen-bond donors (Lipinski definition) is 3. The van der Waals surface area contributed by atoms with Gasteiger partial charge in [0.2, 0.25) is 0 Å². The highest BCUT2D eigenvalue weighted by molar-refractivity contribution is 5.24. The maximum absolute atomic E-state index is 10.3. The van der Waals surface area contributed by atoms with Crippen LogP contribution in [0.3, 0.4) is 0 Å². The molecule has 0 aromatic heterocycles. The molecule has 1 fully saturated rings. The monoisotopic (exact) mass is 193 g/mol. The van der Waals surface area contributed by atoms with Crippen molar-refractivity contribution in [1.29, 1.82) is 0 Å². The molecular weight excluding hydrogens is 178 g/mol. The summed E-state index contributed by atoms with van der Waals surface area (Å²) < 4.78 is 0. The minimum Gasteiger partial charge on any atom is -0.388 e. The first kappa shape index (κ1) is 9.65. The zero-order valence-electron chi connectivity index (χ0n) is 7.98. The maximum Gasteiger partial charge on any atom is 0.118 e. The molecule has 0 amide bonds. The molecule has 2 rings (SSSR count). The van der Waals surface area contributed by atoms with Crippen molar-refractivity contribution >= 4 is 0 Å². The summed E-state index contributed by atoms with van der Waals surface area (Å²) in [6, 6.07) is 9.37. The van der Waals surface area contributed by atoms with E-state index in [1.54, 1.807) is 0 Å². The van der Waals surface area contributed by atoms with E-state index in [9.17, 15) is 10.2 Å². The van der Waals surface area contributed by atoms with Crippen LogP contribution in [0, 0.1) is 0 Å². The fourth-order valence-electron chi connectivity index (χ4n) is 1.92. The number of β-amino-alcohol motifs (C(OH)–C–C–N with tert-alkyl or cyclic N) is 1. The van der Waals surface area contributed by atoms with Crippen molar-refractivity contribution in [2.24, 2.45) is 0 Å². The van der Waals surface area contributed by atoms with Crippen molar-refractivity contribution < 1.29 is 10.2 Å². The molecule has 1 aromatic rings. The summed E-state index contributed by atoms with van der Waals surface area (Å²) in [5.41, 5.74) is -0.277. The van der Waals surface area contributed by atoms with E-state index < -0.39 is 11.7 Å². The van der Waals surface area contributed by atoms with Gasteiger partial charge in [-0.05, 0) is 18.5 Å². The predicted molar refractivity (Wildman–Crippen MR) is 53.8 cm³/mol. The first-order valence-corrected chi connectivity index (χ1v) is 4.90. The van der Waals surface area contributed by atoms with Crippen molar-refractivity contribution in [3.05, 3.63) is 35.9 Å². The third-order valence-corrected chi connectivity index (χ3v) is 2.85. The lowest BCUT2D eigenvalue weighted by Gasteiger charge is -2.37. The fourth-order valence-corrected chi connectivity index (χ4v) is 1.92. The van der Waals surface area contributed by atoms with Crippen LogP contribution in [0.15, 0.2) is 30.3 Å². The Hall–Kier alpha value is -0.900. The second kappa shape index (κ2) is 3.69. The highest BCUT2D eigenvalue weighted by Gasteiger charge is 2.39. The molecule has 3 nitrogen and oxygen atoms in total. The van der Waals surface area contributed by atoms with E-state index in [4.69, 9.17) is 0 Å². The molecule has 0 radical (unpaired) electrons. The Kier molecular flexibility index (Phi) is 2.54. The first-order chi connectivity index (χ1) is 6.73. The maximum atomic E-state index is 10.3. The Balaban J connectivity index is 2.30. The van der Waals surface area contributed by atoms with E-state index >= 15 is 0 Å². The lowest BCUT2D eigenvalue weighted by atomic mass is 9.83. The van der Waals surface area contributed by atoms with E-state index in [0.29, 0.717) is 13.0 Å². The molecule has 0 bridgehead atoms. The normalized spacial score (nSPS) is 32.9. The minimum atomic E-state index is -1.08. The van der Waals surface area contributed by atoms with E-state index in [0.717, 1.165) is 12.1 Å². The Bertz CT molecular complexity index is 301. The number of benzene rings is 1. The zero-order valence-corrected chi connectivity index (χ0v) is 7.98. The van der Waals surface area contributed by atoms with Gasteiger partial charge in [-0.2, -0.15) is 0 Å². The second-order valence-corrected chi connectivity index (χ2v) is 3.76. The SMILES string of the molecule is OC1CNCCC1(O)c1ccccc1. The van der Waals surface area contributed by atoms with Gasteiger partial charge >= 0.3 is 0 Å². The summed E-state index contributed by atoms with van der Waals surface area (Å²) in [7, 11) is 0. The van der Waals surface area contributed by atoms with E-state index in [-0.39, 0.29) is 0 Å². The molecule has 1 aliphatic heterocycles. The first-order valence-electron chi connectivity index (χ1n) is 4.90. The lowest BCUT2D eigenvalue weighted by molar-refractivity contribution is -0.0976. The lowest BCUT2D eigenvalue weighted by Crippen LogP contribution is -2.51. The quantitative estimate of drug-likeness (QED) is 0.598. The van der Waals surface area contributed by atoms with Gasteiger partial charge in [-0.25, -0.2) is 0 Å². The van der Waals surface area contributed by atoms with Crippen molar-refractivity contribution in [3.63, 3.8) is 0 Å². The molecule has 2 unspecified atom stereocenters. The van der Waals surface area contributed by atoms with Gasteiger partial charge in [-0.3, -0.25) is 0 Å². The van der Waals surface area contributed by atoms with Crippen molar-refractivity contribution in [3.8, 4) is 0 Å². The third kappa shape index (κ3) is 1.54. The average molecular weight is 193 g/mol. The van der Waals surface area contributed by atoms with Crippen LogP contribution in [0.5, 0.6) is 0 Å². The van der Waals surface area contributed by atoms with Gasteiger partial charge in [0, 0.05) is 6.54 Å². The van der Waals surface area contributed by atoms with Crippen LogP contribution >= 0.6 is 0 Å². The Labute approximate surface area is 83.4 Å². The minimum absolute atomic E-state index is 0.450. The van der Waals surface area contributed by atoms with Gasteiger partial charge in [0.1, 0.15) is 5.60 Å². The Morgan fingerprint density at radius 3 is 2.64 bits per heavy atom. The van der Waals surface area contributed by atoms with Crippen LogP contribution in [-0.4, -0.2) is 29.4 Å². The van der Waals surface area contributed by atoms with Gasteiger partial charge in [-0.15, -0.1) is 0 Å². The summed E-state index contributed by atoms with van der Waals surface area (Å²) >= 11 is 0. The Morgan fingerprint density at radius 2 is 2.00 bits per heavy atom. The molecule has 3 heteroatoms. The second-order valence-electron chi connectivity index (χ2n) is 3.76. The van der Waals surface area contributed by atoms with E-state index in [1.165, 1.54) is 0 Å². The highest BCUT2D eigenvalue weighted by atomic mass is 16.3. The topological polar surface area (TPSA) is 52.5 Å². The standard InChI is InChI=1S/C11H15NO2/c13-10-8-12-7-6-11(10,14)9-4-2-1-3-5-9/h1-5,10,12-14H,6-8H2. The van der Waals surface area contributed by atoms with Gasteiger partial charge in [0.15, 0.2) is 0 Å². The van der Waals surface area contributed by atoms with Crippen LogP contribution in [0.2, 0.25) is 0 Å². The average Bonchev–Trinajstić information content (AvgIpc) is 2.24. The van der Waals surface area contributed by atoms with E-state index in [1.807, 2.05) is 30.3 Å². The molecule has 2 atom stereocenters. The van der Waals surface area contributed by atoms with Crippen LogP contribution < -0.4 is 5.32 Å². The Morgan fingerprint density at radius 1 is 1.29 bits per heavy atom. The van der Waals surface area contributed by atoms with Crippen LogP contribution in [0.4, 0.5) is 0 Å². The number of nitrogens with one attached hydrogen (secondary N) is 1. The smallest absolute Gasteiger partial charge is 0.118 e. The molecule has 0 saturated carbocycles. The molecule has 1 aliphatic rings. The molecule has 14 heavy (non-hydrogen) atoms. The molecule has 0 aliphatic carbocycles. The number of aliphatic hydroxyl groups is 2. The summed E-state index contributed by atoms with van der Waals surface area (Å²) in [6.07, 6.45) is -0.170. The molecule has 1 saturated heterocycles. The van der Waals surface area contributed by atoms with E-state index in [2.05, 4.69) is 5.32 Å². The van der Waals surface area contributed by atoms with Crippen molar-refractivity contribution in [1.82, 2.24) is 5.32 Å². The van der Waals surface area contributed by atoms with Crippen LogP contribution in [0.25, 0.3) is 0 Å². The fraction of sp³-hybridized carbons (Fsp3) is 0.455. The summed E-state index contributed by atoms with van der Waals surface area (Å²) in [6.45, 7) is 1.19. The predicted octanol–water partition coefficient (Wildman–Crippen LogP) is 0.228. The van der Waals surface area contributed by atoms with Crippen molar-refractivity contribution in [2.75, 3.05) is 13.1 Å². The number of piperidine rings is 1. The zero-order chi connectivity index (χ0) is 10.0. The summed E-state index contributed by atoms with van der Waals surface area (Å²) in [5, 5.41) is 23.1. The number of aliphatic hydroxyl groups excluding tert-OH is 1. The van der Waals surface area contributed by atoms with Gasteiger partial charge < -0.3 is 15.5 Å². The number of hydrogen-bond acceptors (Lipinski definition) is 3. The van der Waals surface area contributed by atoms with Crippen LogP contribution in [0.1, 0.15) is 12.0 Å². The van der Waals surface area contributed by atoms with Gasteiger partial charge in [-0.1, -0.05) is 30.3 Å². The summed E-state index contributed by atoms with van der Waals surface area (Å²) in [4.78, 5) is 0. The molecule has 3 N–H and O–H groups in total. The summed E-state index contributed by atoms with van der Waals surface area (Å²) in [5.74, 6) is 0. The van der Waals surface area contributed by atoms with Crippen LogP contribution in [-0.2, 0) is 5.60 Å². The molecule has 76 valence electrons. The van der Waals surface area contributed by atoms with Gasteiger partial charge in [0.25, 0.3) is 0 Å². The largest absolute Gasteiger partial charge is 0.388 e.